The second-order valence-electron chi connectivity index (χ2n) is 5.71. The number of hydrogen-bond donors (Lipinski definition) is 0. The van der Waals surface area contributed by atoms with Crippen molar-refractivity contribution in [2.45, 2.75) is 12.8 Å². The van der Waals surface area contributed by atoms with E-state index in [4.69, 9.17) is 4.84 Å². The van der Waals surface area contributed by atoms with Crippen molar-refractivity contribution in [3.05, 3.63) is 108 Å². The molecule has 0 heterocycles. The first-order chi connectivity index (χ1) is 12.3. The first-order valence-corrected chi connectivity index (χ1v) is 8.16. The van der Waals surface area contributed by atoms with Crippen LogP contribution in [0.1, 0.15) is 29.5 Å². The van der Waals surface area contributed by atoms with Crippen molar-refractivity contribution in [3.63, 3.8) is 0 Å². The van der Waals surface area contributed by atoms with Gasteiger partial charge in [-0.2, -0.15) is 0 Å². The van der Waals surface area contributed by atoms with Crippen LogP contribution < -0.4 is 0 Å². The monoisotopic (exact) mass is 329 g/mol. The van der Waals surface area contributed by atoms with Gasteiger partial charge in [0, 0.05) is 0 Å². The predicted octanol–water partition coefficient (Wildman–Crippen LogP) is 4.79. The van der Waals surface area contributed by atoms with Crippen molar-refractivity contribution < 1.29 is 9.63 Å². The van der Waals surface area contributed by atoms with Crippen LogP contribution in [-0.4, -0.2) is 11.7 Å². The Balaban J connectivity index is 1.85. The molecular weight excluding hydrogens is 310 g/mol. The first kappa shape index (κ1) is 16.7. The molecule has 0 saturated heterocycles. The third-order valence-electron chi connectivity index (χ3n) is 3.97. The van der Waals surface area contributed by atoms with Gasteiger partial charge < -0.3 is 4.84 Å². The van der Waals surface area contributed by atoms with Crippen LogP contribution in [0.4, 0.5) is 0 Å². The summed E-state index contributed by atoms with van der Waals surface area (Å²) >= 11 is 0. The molecule has 3 heteroatoms. The fraction of sp³-hybridized carbons (Fsp3) is 0.0909. The lowest BCUT2D eigenvalue weighted by Gasteiger charge is -2.15. The molecule has 0 amide bonds. The minimum absolute atomic E-state index is 0.396. The lowest BCUT2D eigenvalue weighted by Crippen LogP contribution is -2.16. The van der Waals surface area contributed by atoms with Crippen LogP contribution in [0.2, 0.25) is 0 Å². The highest BCUT2D eigenvalue weighted by Gasteiger charge is 2.24. The largest absolute Gasteiger partial charge is 0.346 e. The van der Waals surface area contributed by atoms with Crippen molar-refractivity contribution in [2.24, 2.45) is 5.16 Å². The fourth-order valence-electron chi connectivity index (χ4n) is 2.65. The highest BCUT2D eigenvalue weighted by molar-refractivity contribution is 5.98. The lowest BCUT2D eigenvalue weighted by molar-refractivity contribution is -0.144. The number of rotatable bonds is 5. The van der Waals surface area contributed by atoms with Crippen molar-refractivity contribution in [1.29, 1.82) is 0 Å². The molecule has 25 heavy (non-hydrogen) atoms. The maximum atomic E-state index is 12.8. The lowest BCUT2D eigenvalue weighted by atomic mass is 9.91. The van der Waals surface area contributed by atoms with Crippen LogP contribution in [-0.2, 0) is 9.63 Å². The van der Waals surface area contributed by atoms with E-state index in [1.807, 2.05) is 97.9 Å². The number of carbonyl (C=O) groups excluding carboxylic acids is 1. The van der Waals surface area contributed by atoms with Crippen LogP contribution >= 0.6 is 0 Å². The number of nitrogens with zero attached hydrogens (tertiary/aromatic N) is 1. The van der Waals surface area contributed by atoms with Crippen molar-refractivity contribution in [1.82, 2.24) is 0 Å². The van der Waals surface area contributed by atoms with Gasteiger partial charge in [0.1, 0.15) is 5.92 Å². The van der Waals surface area contributed by atoms with E-state index in [0.717, 1.165) is 16.7 Å². The molecule has 3 aromatic carbocycles. The van der Waals surface area contributed by atoms with Crippen molar-refractivity contribution >= 4 is 11.7 Å². The van der Waals surface area contributed by atoms with E-state index in [-0.39, 0.29) is 0 Å². The first-order valence-electron chi connectivity index (χ1n) is 8.16. The van der Waals surface area contributed by atoms with Crippen molar-refractivity contribution in [2.75, 3.05) is 0 Å². The highest BCUT2D eigenvalue weighted by atomic mass is 16.7. The van der Waals surface area contributed by atoms with Crippen LogP contribution in [0, 0.1) is 0 Å². The Kier molecular flexibility index (Phi) is 5.37. The minimum atomic E-state index is -0.505. The summed E-state index contributed by atoms with van der Waals surface area (Å²) in [7, 11) is 0. The van der Waals surface area contributed by atoms with E-state index in [0.29, 0.717) is 5.71 Å². The number of oxime groups is 1. The smallest absolute Gasteiger partial charge is 0.317 e. The summed E-state index contributed by atoms with van der Waals surface area (Å²) in [4.78, 5) is 18.0. The van der Waals surface area contributed by atoms with Gasteiger partial charge in [-0.3, -0.25) is 0 Å². The molecule has 0 unspecified atom stereocenters. The third-order valence-corrected chi connectivity index (χ3v) is 3.97. The molecule has 0 radical (unpaired) electrons. The van der Waals surface area contributed by atoms with Crippen LogP contribution in [0.5, 0.6) is 0 Å². The van der Waals surface area contributed by atoms with Gasteiger partial charge in [-0.25, -0.2) is 4.79 Å². The van der Waals surface area contributed by atoms with Gasteiger partial charge in [0.2, 0.25) is 0 Å². The van der Waals surface area contributed by atoms with Gasteiger partial charge in [0.15, 0.2) is 0 Å². The summed E-state index contributed by atoms with van der Waals surface area (Å²) in [6, 6.07) is 28.8. The molecule has 0 aliphatic carbocycles. The molecule has 0 aliphatic heterocycles. The molecule has 0 saturated carbocycles. The topological polar surface area (TPSA) is 38.7 Å². The van der Waals surface area contributed by atoms with E-state index in [9.17, 15) is 4.79 Å². The fourth-order valence-corrected chi connectivity index (χ4v) is 2.65. The summed E-state index contributed by atoms with van der Waals surface area (Å²) < 4.78 is 0. The Labute approximate surface area is 147 Å². The molecular formula is C22H19NO2. The zero-order valence-electron chi connectivity index (χ0n) is 14.0. The average Bonchev–Trinajstić information content (AvgIpc) is 2.69. The molecule has 0 atom stereocenters. The Morgan fingerprint density at radius 2 is 1.20 bits per heavy atom. The van der Waals surface area contributed by atoms with Crippen molar-refractivity contribution in [3.8, 4) is 0 Å². The predicted molar refractivity (Wildman–Crippen MR) is 99.5 cm³/mol. The molecule has 3 rings (SSSR count). The molecule has 124 valence electrons. The Morgan fingerprint density at radius 1 is 0.760 bits per heavy atom. The van der Waals surface area contributed by atoms with Gasteiger partial charge >= 0.3 is 5.97 Å². The molecule has 0 N–H and O–H groups in total. The zero-order valence-corrected chi connectivity index (χ0v) is 14.0. The number of carbonyl (C=O) groups is 1. The second-order valence-corrected chi connectivity index (χ2v) is 5.71. The van der Waals surface area contributed by atoms with E-state index < -0.39 is 11.9 Å². The third kappa shape index (κ3) is 4.21. The Bertz CT molecular complexity index is 803. The SMILES string of the molecule is CC(=NOC(=O)C(c1ccccc1)c1ccccc1)c1ccccc1. The summed E-state index contributed by atoms with van der Waals surface area (Å²) in [5.41, 5.74) is 3.35. The van der Waals surface area contributed by atoms with Gasteiger partial charge in [0.05, 0.1) is 5.71 Å². The molecule has 0 spiro atoms. The molecule has 3 nitrogen and oxygen atoms in total. The van der Waals surface area contributed by atoms with E-state index in [2.05, 4.69) is 5.16 Å². The van der Waals surface area contributed by atoms with Gasteiger partial charge in [0.25, 0.3) is 0 Å². The van der Waals surface area contributed by atoms with Gasteiger partial charge in [-0.1, -0.05) is 96.2 Å². The number of benzene rings is 3. The molecule has 3 aromatic rings. The average molecular weight is 329 g/mol. The van der Waals surface area contributed by atoms with Crippen LogP contribution in [0.3, 0.4) is 0 Å². The van der Waals surface area contributed by atoms with Gasteiger partial charge in [-0.15, -0.1) is 0 Å². The van der Waals surface area contributed by atoms with Gasteiger partial charge in [-0.05, 0) is 23.6 Å². The van der Waals surface area contributed by atoms with E-state index in [1.165, 1.54) is 0 Å². The molecule has 0 fully saturated rings. The minimum Gasteiger partial charge on any atom is -0.317 e. The zero-order chi connectivity index (χ0) is 17.5. The molecule has 0 bridgehead atoms. The standard InChI is InChI=1S/C22H19NO2/c1-17(18-11-5-2-6-12-18)23-25-22(24)21(19-13-7-3-8-14-19)20-15-9-4-10-16-20/h2-16,21H,1H3. The normalized spacial score (nSPS) is 11.4. The summed E-state index contributed by atoms with van der Waals surface area (Å²) in [5, 5.41) is 4.03. The van der Waals surface area contributed by atoms with Crippen LogP contribution in [0.25, 0.3) is 0 Å². The van der Waals surface area contributed by atoms with E-state index in [1.54, 1.807) is 0 Å². The highest BCUT2D eigenvalue weighted by Crippen LogP contribution is 2.26. The quantitative estimate of drug-likeness (QED) is 0.384. The number of hydrogen-bond acceptors (Lipinski definition) is 3. The summed E-state index contributed by atoms with van der Waals surface area (Å²) in [6.45, 7) is 1.82. The summed E-state index contributed by atoms with van der Waals surface area (Å²) in [5.74, 6) is -0.901. The molecule has 0 aromatic heterocycles. The second kappa shape index (κ2) is 8.06. The van der Waals surface area contributed by atoms with E-state index >= 15 is 0 Å². The Morgan fingerprint density at radius 3 is 1.68 bits per heavy atom. The van der Waals surface area contributed by atoms with Crippen LogP contribution in [0.15, 0.2) is 96.2 Å². The Hall–Kier alpha value is -3.20. The molecule has 0 aliphatic rings. The maximum absolute atomic E-state index is 12.8. The summed E-state index contributed by atoms with van der Waals surface area (Å²) in [6.07, 6.45) is 0. The maximum Gasteiger partial charge on any atom is 0.346 e.